The number of rotatable bonds is 6. The number of nitrogens with two attached hydrogens (primary N) is 1. The van der Waals surface area contributed by atoms with Crippen LogP contribution in [0.3, 0.4) is 0 Å². The van der Waals surface area contributed by atoms with Gasteiger partial charge in [0.05, 0.1) is 29.2 Å². The Morgan fingerprint density at radius 3 is 2.89 bits per heavy atom. The molecule has 0 bridgehead atoms. The molecule has 2 aromatic rings. The van der Waals surface area contributed by atoms with Crippen LogP contribution in [0.4, 0.5) is 11.5 Å². The summed E-state index contributed by atoms with van der Waals surface area (Å²) in [6.07, 6.45) is 4.46. The quantitative estimate of drug-likeness (QED) is 0.781. The van der Waals surface area contributed by atoms with E-state index in [0.717, 1.165) is 18.4 Å². The molecule has 1 unspecified atom stereocenters. The number of nitrogens with zero attached hydrogens (tertiary/aromatic N) is 3. The van der Waals surface area contributed by atoms with E-state index in [2.05, 4.69) is 16.5 Å². The Bertz CT molecular complexity index is 1060. The Labute approximate surface area is 156 Å². The Morgan fingerprint density at radius 2 is 2.22 bits per heavy atom. The van der Waals surface area contributed by atoms with Gasteiger partial charge in [-0.3, -0.25) is 9.48 Å². The van der Waals surface area contributed by atoms with E-state index in [0.29, 0.717) is 35.2 Å². The highest BCUT2D eigenvalue weighted by molar-refractivity contribution is 7.91. The van der Waals surface area contributed by atoms with Crippen molar-refractivity contribution in [3.8, 4) is 6.07 Å². The van der Waals surface area contributed by atoms with Crippen LogP contribution in [0.25, 0.3) is 0 Å². The van der Waals surface area contributed by atoms with E-state index in [1.165, 1.54) is 0 Å². The van der Waals surface area contributed by atoms with Gasteiger partial charge in [-0.2, -0.15) is 10.4 Å². The maximum atomic E-state index is 12.0. The highest BCUT2D eigenvalue weighted by atomic mass is 32.2. The first kappa shape index (κ1) is 17.5. The summed E-state index contributed by atoms with van der Waals surface area (Å²) in [5, 5.41) is 16.6. The van der Waals surface area contributed by atoms with Crippen molar-refractivity contribution in [2.45, 2.75) is 36.6 Å². The molecule has 1 aromatic carbocycles. The van der Waals surface area contributed by atoms with Crippen molar-refractivity contribution in [3.05, 3.63) is 35.5 Å². The van der Waals surface area contributed by atoms with Crippen LogP contribution in [-0.2, 0) is 16.3 Å². The van der Waals surface area contributed by atoms with Gasteiger partial charge in [0.25, 0.3) is 5.91 Å². The maximum absolute atomic E-state index is 12.0. The summed E-state index contributed by atoms with van der Waals surface area (Å²) in [7, 11) is -3.19. The van der Waals surface area contributed by atoms with Crippen molar-refractivity contribution < 1.29 is 13.2 Å². The van der Waals surface area contributed by atoms with Crippen LogP contribution in [0.15, 0.2) is 29.3 Å². The highest BCUT2D eigenvalue weighted by Crippen LogP contribution is 2.41. The van der Waals surface area contributed by atoms with Gasteiger partial charge in [0, 0.05) is 11.9 Å². The minimum atomic E-state index is -3.19. The molecule has 8 nitrogen and oxygen atoms in total. The van der Waals surface area contributed by atoms with Crippen LogP contribution in [0.1, 0.15) is 41.2 Å². The number of primary amides is 1. The van der Waals surface area contributed by atoms with Gasteiger partial charge < -0.3 is 11.1 Å². The maximum Gasteiger partial charge on any atom is 0.254 e. The molecule has 9 heteroatoms. The van der Waals surface area contributed by atoms with Gasteiger partial charge in [-0.15, -0.1) is 0 Å². The van der Waals surface area contributed by atoms with Crippen molar-refractivity contribution >= 4 is 27.2 Å². The van der Waals surface area contributed by atoms with E-state index in [1.54, 1.807) is 29.1 Å². The van der Waals surface area contributed by atoms with E-state index in [1.807, 2.05) is 0 Å². The number of hydrogen-bond donors (Lipinski definition) is 2. The molecule has 27 heavy (non-hydrogen) atoms. The first-order valence-corrected chi connectivity index (χ1v) is 10.4. The Kier molecular flexibility index (Phi) is 4.15. The molecule has 3 N–H and O–H groups in total. The first-order chi connectivity index (χ1) is 12.9. The minimum absolute atomic E-state index is 0.0752. The van der Waals surface area contributed by atoms with Gasteiger partial charge in [0.2, 0.25) is 0 Å². The second-order valence-corrected chi connectivity index (χ2v) is 9.10. The number of aromatic nitrogens is 2. The number of carbonyl (C=O) groups is 1. The van der Waals surface area contributed by atoms with Gasteiger partial charge in [-0.25, -0.2) is 8.42 Å². The number of nitriles is 1. The molecule has 1 fully saturated rings. The lowest BCUT2D eigenvalue weighted by Crippen LogP contribution is -2.12. The van der Waals surface area contributed by atoms with E-state index >= 15 is 0 Å². The molecule has 0 saturated heterocycles. The largest absolute Gasteiger partial charge is 0.365 e. The predicted octanol–water partition coefficient (Wildman–Crippen LogP) is 1.92. The van der Waals surface area contributed by atoms with Crippen molar-refractivity contribution in [2.75, 3.05) is 11.1 Å². The number of aryl methyl sites for hydroxylation is 1. The third-order valence-electron chi connectivity index (χ3n) is 5.10. The van der Waals surface area contributed by atoms with Crippen molar-refractivity contribution in [3.63, 3.8) is 0 Å². The zero-order chi connectivity index (χ0) is 19.2. The first-order valence-electron chi connectivity index (χ1n) is 8.77. The van der Waals surface area contributed by atoms with Crippen LogP contribution in [0, 0.1) is 17.2 Å². The Balaban J connectivity index is 1.66. The number of sulfone groups is 1. The average Bonchev–Trinajstić information content (AvgIpc) is 3.30. The minimum Gasteiger partial charge on any atom is -0.365 e. The Morgan fingerprint density at radius 1 is 1.44 bits per heavy atom. The predicted molar refractivity (Wildman–Crippen MR) is 98.2 cm³/mol. The third-order valence-corrected chi connectivity index (χ3v) is 6.91. The van der Waals surface area contributed by atoms with Crippen molar-refractivity contribution in [1.82, 2.24) is 9.78 Å². The van der Waals surface area contributed by atoms with E-state index in [4.69, 9.17) is 11.0 Å². The number of hydrogen-bond acceptors (Lipinski definition) is 6. The molecule has 1 aliphatic heterocycles. The average molecular weight is 385 g/mol. The molecule has 1 amide bonds. The summed E-state index contributed by atoms with van der Waals surface area (Å²) < 4.78 is 25.6. The zero-order valence-corrected chi connectivity index (χ0v) is 15.4. The lowest BCUT2D eigenvalue weighted by atomic mass is 10.1. The normalized spacial score (nSPS) is 18.5. The molecular formula is C18H19N5O3S. The summed E-state index contributed by atoms with van der Waals surface area (Å²) in [6.45, 7) is 0. The molecule has 0 spiro atoms. The fraction of sp³-hybridized carbons (Fsp3) is 0.389. The molecular weight excluding hydrogens is 366 g/mol. The summed E-state index contributed by atoms with van der Waals surface area (Å²) in [6, 6.07) is 7.09. The summed E-state index contributed by atoms with van der Waals surface area (Å²) in [4.78, 5) is 12.2. The molecule has 1 aromatic heterocycles. The Hall–Kier alpha value is -2.86. The van der Waals surface area contributed by atoms with E-state index in [-0.39, 0.29) is 17.4 Å². The summed E-state index contributed by atoms with van der Waals surface area (Å²) in [5.74, 6) is 0.207. The number of amides is 1. The standard InChI is InChI=1S/C18H19N5O3S/c19-7-5-15(11-1-2-11)23-10-14(17(20)24)18(22-23)21-13-3-4-16-12(9-13)6-8-27(16,25)26/h3-4,9-11,15H,1-2,5-6,8H2,(H2,20,24)(H,21,22). The van der Waals surface area contributed by atoms with E-state index in [9.17, 15) is 13.2 Å². The lowest BCUT2D eigenvalue weighted by molar-refractivity contribution is 0.100. The molecule has 1 aliphatic carbocycles. The summed E-state index contributed by atoms with van der Waals surface area (Å²) >= 11 is 0. The monoisotopic (exact) mass is 385 g/mol. The van der Waals surface area contributed by atoms with Gasteiger partial charge in [0.1, 0.15) is 5.56 Å². The molecule has 2 heterocycles. The number of benzene rings is 1. The van der Waals surface area contributed by atoms with Gasteiger partial charge in [0.15, 0.2) is 15.7 Å². The van der Waals surface area contributed by atoms with Crippen LogP contribution in [0.5, 0.6) is 0 Å². The third kappa shape index (κ3) is 3.28. The zero-order valence-electron chi connectivity index (χ0n) is 14.6. The number of anilines is 2. The van der Waals surface area contributed by atoms with Crippen molar-refractivity contribution in [1.29, 1.82) is 5.26 Å². The topological polar surface area (TPSA) is 131 Å². The molecule has 1 saturated carbocycles. The van der Waals surface area contributed by atoms with E-state index < -0.39 is 15.7 Å². The van der Waals surface area contributed by atoms with Gasteiger partial charge in [-0.05, 0) is 48.9 Å². The molecule has 140 valence electrons. The lowest BCUT2D eigenvalue weighted by Gasteiger charge is -2.12. The second kappa shape index (κ2) is 6.39. The second-order valence-electron chi connectivity index (χ2n) is 7.02. The molecule has 1 atom stereocenters. The molecule has 4 rings (SSSR count). The fourth-order valence-corrected chi connectivity index (χ4v) is 5.08. The number of carbonyl (C=O) groups excluding carboxylic acids is 1. The van der Waals surface area contributed by atoms with Gasteiger partial charge >= 0.3 is 0 Å². The van der Waals surface area contributed by atoms with Crippen LogP contribution >= 0.6 is 0 Å². The number of fused-ring (bicyclic) bond motifs is 1. The molecule has 2 aliphatic rings. The van der Waals surface area contributed by atoms with Crippen LogP contribution < -0.4 is 11.1 Å². The summed E-state index contributed by atoms with van der Waals surface area (Å²) in [5.41, 5.74) is 7.13. The highest BCUT2D eigenvalue weighted by Gasteiger charge is 2.34. The van der Waals surface area contributed by atoms with Crippen LogP contribution in [0.2, 0.25) is 0 Å². The number of nitrogens with one attached hydrogen (secondary N) is 1. The van der Waals surface area contributed by atoms with Crippen LogP contribution in [-0.4, -0.2) is 29.9 Å². The molecule has 0 radical (unpaired) electrons. The van der Waals surface area contributed by atoms with Gasteiger partial charge in [-0.1, -0.05) is 0 Å². The smallest absolute Gasteiger partial charge is 0.254 e. The van der Waals surface area contributed by atoms with Crippen molar-refractivity contribution in [2.24, 2.45) is 11.7 Å². The fourth-order valence-electron chi connectivity index (χ4n) is 3.53. The SMILES string of the molecule is N#CCC(C1CC1)n1cc(C(N)=O)c(Nc2ccc3c(c2)CCS3(=O)=O)n1.